The average Bonchev–Trinajstić information content (AvgIpc) is 2.76. The van der Waals surface area contributed by atoms with E-state index in [9.17, 15) is 4.79 Å². The summed E-state index contributed by atoms with van der Waals surface area (Å²) < 4.78 is 16.9. The van der Waals surface area contributed by atoms with Crippen LogP contribution in [0.3, 0.4) is 0 Å². The molecular formula is C15H18O4. The Hall–Kier alpha value is -1.39. The Morgan fingerprint density at radius 2 is 1.95 bits per heavy atom. The third kappa shape index (κ3) is 2.05. The van der Waals surface area contributed by atoms with Crippen LogP contribution in [-0.4, -0.2) is 25.0 Å². The summed E-state index contributed by atoms with van der Waals surface area (Å²) in [4.78, 5) is 12.2. The molecule has 0 aromatic heterocycles. The van der Waals surface area contributed by atoms with Crippen molar-refractivity contribution in [3.05, 3.63) is 35.9 Å². The van der Waals surface area contributed by atoms with Crippen molar-refractivity contribution < 1.29 is 19.0 Å². The van der Waals surface area contributed by atoms with Gasteiger partial charge in [-0.25, -0.2) is 0 Å². The van der Waals surface area contributed by atoms with Gasteiger partial charge in [-0.1, -0.05) is 30.3 Å². The van der Waals surface area contributed by atoms with Gasteiger partial charge in [0.1, 0.15) is 11.5 Å². The van der Waals surface area contributed by atoms with Gasteiger partial charge in [0, 0.05) is 6.42 Å². The fourth-order valence-electron chi connectivity index (χ4n) is 2.76. The fraction of sp³-hybridized carbons (Fsp3) is 0.533. The van der Waals surface area contributed by atoms with Crippen LogP contribution in [0.15, 0.2) is 30.3 Å². The molecule has 0 aliphatic carbocycles. The van der Waals surface area contributed by atoms with E-state index in [0.717, 1.165) is 5.56 Å². The van der Waals surface area contributed by atoms with Crippen LogP contribution in [-0.2, 0) is 19.0 Å². The lowest BCUT2D eigenvalue weighted by Gasteiger charge is -2.45. The molecule has 2 aliphatic heterocycles. The average molecular weight is 262 g/mol. The van der Waals surface area contributed by atoms with Gasteiger partial charge in [-0.05, 0) is 19.4 Å². The predicted octanol–water partition coefficient (Wildman–Crippen LogP) is 2.44. The second-order valence-electron chi connectivity index (χ2n) is 5.64. The lowest BCUT2D eigenvalue weighted by Crippen LogP contribution is -2.50. The fourth-order valence-corrected chi connectivity index (χ4v) is 2.76. The molecule has 1 spiro atoms. The monoisotopic (exact) mass is 262 g/mol. The molecule has 4 heteroatoms. The highest BCUT2D eigenvalue weighted by Gasteiger charge is 2.57. The highest BCUT2D eigenvalue weighted by atomic mass is 16.7. The molecule has 0 radical (unpaired) electrons. The van der Waals surface area contributed by atoms with Crippen molar-refractivity contribution in [2.75, 3.05) is 13.2 Å². The van der Waals surface area contributed by atoms with Gasteiger partial charge in [-0.3, -0.25) is 4.79 Å². The molecule has 1 aromatic carbocycles. The Balaban J connectivity index is 2.02. The minimum atomic E-state index is -0.698. The van der Waals surface area contributed by atoms with Crippen LogP contribution in [0.1, 0.15) is 31.9 Å². The first-order valence-electron chi connectivity index (χ1n) is 6.57. The molecule has 0 N–H and O–H groups in total. The molecule has 102 valence electrons. The zero-order valence-corrected chi connectivity index (χ0v) is 11.2. The topological polar surface area (TPSA) is 44.8 Å². The largest absolute Gasteiger partial charge is 0.465 e. The summed E-state index contributed by atoms with van der Waals surface area (Å²) in [6, 6.07) is 9.83. The number of benzene rings is 1. The van der Waals surface area contributed by atoms with Crippen LogP contribution < -0.4 is 0 Å². The van der Waals surface area contributed by atoms with E-state index < -0.39 is 11.2 Å². The van der Waals surface area contributed by atoms with Crippen LogP contribution in [0.25, 0.3) is 0 Å². The van der Waals surface area contributed by atoms with Crippen molar-refractivity contribution in [1.29, 1.82) is 0 Å². The molecule has 0 saturated carbocycles. The van der Waals surface area contributed by atoms with Crippen LogP contribution >= 0.6 is 0 Å². The molecule has 4 nitrogen and oxygen atoms in total. The number of hydrogen-bond donors (Lipinski definition) is 0. The number of carbonyl (C=O) groups excluding carboxylic acids is 1. The second-order valence-corrected chi connectivity index (χ2v) is 5.64. The molecule has 2 heterocycles. The van der Waals surface area contributed by atoms with Crippen LogP contribution in [0.4, 0.5) is 0 Å². The molecule has 2 atom stereocenters. The Morgan fingerprint density at radius 1 is 1.21 bits per heavy atom. The van der Waals surface area contributed by atoms with Gasteiger partial charge in [-0.15, -0.1) is 0 Å². The van der Waals surface area contributed by atoms with E-state index in [1.165, 1.54) is 0 Å². The van der Waals surface area contributed by atoms with E-state index in [2.05, 4.69) is 0 Å². The maximum Gasteiger partial charge on any atom is 0.317 e. The standard InChI is InChI=1S/C15H18O4/c1-14(2)18-10-15(8-9-17-13(15)16)12(19-14)11-6-4-3-5-7-11/h3-7,12H,8-10H2,1-2H3/t12-,15-/m0/s1. The van der Waals surface area contributed by atoms with Crippen molar-refractivity contribution in [1.82, 2.24) is 0 Å². The predicted molar refractivity (Wildman–Crippen MR) is 68.3 cm³/mol. The summed E-state index contributed by atoms with van der Waals surface area (Å²) in [5.74, 6) is -0.897. The third-order valence-electron chi connectivity index (χ3n) is 3.87. The summed E-state index contributed by atoms with van der Waals surface area (Å²) in [7, 11) is 0. The highest BCUT2D eigenvalue weighted by Crippen LogP contribution is 2.50. The van der Waals surface area contributed by atoms with Crippen LogP contribution in [0, 0.1) is 5.41 Å². The molecule has 2 saturated heterocycles. The van der Waals surface area contributed by atoms with Crippen molar-refractivity contribution in [3.8, 4) is 0 Å². The molecule has 19 heavy (non-hydrogen) atoms. The van der Waals surface area contributed by atoms with Crippen LogP contribution in [0.2, 0.25) is 0 Å². The molecular weight excluding hydrogens is 244 g/mol. The second kappa shape index (κ2) is 4.32. The minimum absolute atomic E-state index is 0.211. The Bertz CT molecular complexity index is 482. The maximum atomic E-state index is 12.2. The van der Waals surface area contributed by atoms with Gasteiger partial charge in [0.25, 0.3) is 0 Å². The summed E-state index contributed by atoms with van der Waals surface area (Å²) in [6.45, 7) is 4.53. The van der Waals surface area contributed by atoms with Crippen molar-refractivity contribution >= 4 is 5.97 Å². The first-order valence-corrected chi connectivity index (χ1v) is 6.57. The molecule has 3 rings (SSSR count). The summed E-state index contributed by atoms with van der Waals surface area (Å²) in [6.07, 6.45) is 0.328. The Labute approximate surface area is 112 Å². The van der Waals surface area contributed by atoms with E-state index in [1.54, 1.807) is 0 Å². The number of esters is 1. The highest BCUT2D eigenvalue weighted by molar-refractivity contribution is 5.80. The van der Waals surface area contributed by atoms with Gasteiger partial charge >= 0.3 is 5.97 Å². The lowest BCUT2D eigenvalue weighted by molar-refractivity contribution is -0.313. The van der Waals surface area contributed by atoms with Gasteiger partial charge < -0.3 is 14.2 Å². The summed E-state index contributed by atoms with van der Waals surface area (Å²) in [5, 5.41) is 0. The van der Waals surface area contributed by atoms with Gasteiger partial charge in [-0.2, -0.15) is 0 Å². The van der Waals surface area contributed by atoms with Gasteiger partial charge in [0.2, 0.25) is 0 Å². The van der Waals surface area contributed by atoms with E-state index in [0.29, 0.717) is 19.6 Å². The summed E-state index contributed by atoms with van der Waals surface area (Å²) in [5.41, 5.74) is 0.300. The Morgan fingerprint density at radius 3 is 2.58 bits per heavy atom. The smallest absolute Gasteiger partial charge is 0.317 e. The lowest BCUT2D eigenvalue weighted by atomic mass is 9.77. The number of cyclic esters (lactones) is 1. The molecule has 0 bridgehead atoms. The summed E-state index contributed by atoms with van der Waals surface area (Å²) >= 11 is 0. The normalized spacial score (nSPS) is 33.4. The first kappa shape index (κ1) is 12.6. The minimum Gasteiger partial charge on any atom is -0.465 e. The number of ether oxygens (including phenoxy) is 3. The van der Waals surface area contributed by atoms with Crippen molar-refractivity contribution in [2.24, 2.45) is 5.41 Å². The van der Waals surface area contributed by atoms with Crippen molar-refractivity contribution in [2.45, 2.75) is 32.2 Å². The zero-order valence-electron chi connectivity index (χ0n) is 11.2. The first-order chi connectivity index (χ1) is 9.04. The van der Waals surface area contributed by atoms with Gasteiger partial charge in [0.05, 0.1) is 13.2 Å². The molecule has 0 amide bonds. The van der Waals surface area contributed by atoms with Crippen LogP contribution in [0.5, 0.6) is 0 Å². The molecule has 2 aliphatic rings. The molecule has 1 aromatic rings. The third-order valence-corrected chi connectivity index (χ3v) is 3.87. The van der Waals surface area contributed by atoms with E-state index >= 15 is 0 Å². The zero-order chi connectivity index (χ0) is 13.5. The SMILES string of the molecule is CC1(C)OC[C@@]2(CCOC2=O)[C@H](c2ccccc2)O1. The number of hydrogen-bond acceptors (Lipinski definition) is 4. The number of rotatable bonds is 1. The number of carbonyl (C=O) groups is 1. The maximum absolute atomic E-state index is 12.2. The molecule has 0 unspecified atom stereocenters. The van der Waals surface area contributed by atoms with Gasteiger partial charge in [0.15, 0.2) is 5.79 Å². The van der Waals surface area contributed by atoms with E-state index in [1.807, 2.05) is 44.2 Å². The molecule has 2 fully saturated rings. The quantitative estimate of drug-likeness (QED) is 0.729. The Kier molecular flexibility index (Phi) is 2.87. The van der Waals surface area contributed by atoms with E-state index in [-0.39, 0.29) is 12.1 Å². The van der Waals surface area contributed by atoms with Crippen molar-refractivity contribution in [3.63, 3.8) is 0 Å². The van der Waals surface area contributed by atoms with E-state index in [4.69, 9.17) is 14.2 Å².